The minimum Gasteiger partial charge on any atom is -0.481 e. The molecule has 1 saturated heterocycles. The molecule has 0 radical (unpaired) electrons. The smallest absolute Gasteiger partial charge is 0.394 e. The molecule has 1 aliphatic heterocycles. The highest BCUT2D eigenvalue weighted by Crippen LogP contribution is 2.38. The molecule has 0 saturated carbocycles. The van der Waals surface area contributed by atoms with Gasteiger partial charge in [0.05, 0.1) is 11.8 Å². The van der Waals surface area contributed by atoms with Crippen LogP contribution >= 0.6 is 23.2 Å². The van der Waals surface area contributed by atoms with Crippen LogP contribution in [0.3, 0.4) is 0 Å². The lowest BCUT2D eigenvalue weighted by Crippen LogP contribution is -2.34. The van der Waals surface area contributed by atoms with Crippen molar-refractivity contribution in [3.8, 4) is 0 Å². The van der Waals surface area contributed by atoms with Crippen molar-refractivity contribution < 1.29 is 27.9 Å². The molecule has 4 nitrogen and oxygen atoms in total. The number of carboxylic acid groups (broad SMARTS) is 1. The Kier molecular flexibility index (Phi) is 5.65. The number of halogens is 5. The first-order valence-corrected chi connectivity index (χ1v) is 7.86. The van der Waals surface area contributed by atoms with E-state index in [2.05, 4.69) is 0 Å². The first-order valence-electron chi connectivity index (χ1n) is 7.11. The van der Waals surface area contributed by atoms with Gasteiger partial charge in [0.1, 0.15) is 0 Å². The largest absolute Gasteiger partial charge is 0.481 e. The summed E-state index contributed by atoms with van der Waals surface area (Å²) in [5, 5.41) is 9.75. The fraction of sp³-hybridized carbons (Fsp3) is 0.467. The minimum absolute atomic E-state index is 0.0573. The van der Waals surface area contributed by atoms with Gasteiger partial charge in [0.2, 0.25) is 5.91 Å². The zero-order valence-electron chi connectivity index (χ0n) is 12.3. The van der Waals surface area contributed by atoms with E-state index in [0.717, 1.165) is 4.90 Å². The lowest BCUT2D eigenvalue weighted by molar-refractivity contribution is -0.188. The van der Waals surface area contributed by atoms with Crippen LogP contribution in [0.4, 0.5) is 13.2 Å². The molecule has 1 N–H and O–H groups in total. The van der Waals surface area contributed by atoms with Gasteiger partial charge in [-0.15, -0.1) is 0 Å². The number of hydrogen-bond acceptors (Lipinski definition) is 2. The standard InChI is InChI=1S/C15H14Cl2F3NO3/c16-9-3-1-8(12(17)5-9)2-4-13(22)21-6-10(14(23)24)11(7-21)15(18,19)20/h1,3,5,10-11H,2,4,6-7H2,(H,23,24)/t10-,11-/m1/s1. The van der Waals surface area contributed by atoms with Gasteiger partial charge >= 0.3 is 12.1 Å². The van der Waals surface area contributed by atoms with Crippen molar-refractivity contribution in [3.63, 3.8) is 0 Å². The number of aliphatic carboxylic acids is 1. The Morgan fingerprint density at radius 1 is 1.25 bits per heavy atom. The Labute approximate surface area is 146 Å². The summed E-state index contributed by atoms with van der Waals surface area (Å²) >= 11 is 11.8. The molecular weight excluding hydrogens is 370 g/mol. The van der Waals surface area contributed by atoms with Crippen LogP contribution in [0, 0.1) is 11.8 Å². The number of rotatable bonds is 4. The summed E-state index contributed by atoms with van der Waals surface area (Å²) in [5.74, 6) is -5.75. The number of amides is 1. The molecule has 0 unspecified atom stereocenters. The zero-order valence-corrected chi connectivity index (χ0v) is 13.8. The maximum atomic E-state index is 12.9. The third-order valence-corrected chi connectivity index (χ3v) is 4.62. The summed E-state index contributed by atoms with van der Waals surface area (Å²) in [6, 6.07) is 4.75. The molecule has 0 aromatic heterocycles. The molecule has 0 bridgehead atoms. The second kappa shape index (κ2) is 7.19. The third-order valence-electron chi connectivity index (χ3n) is 4.03. The molecule has 24 heavy (non-hydrogen) atoms. The summed E-state index contributed by atoms with van der Waals surface area (Å²) in [6.45, 7) is -1.07. The van der Waals surface area contributed by atoms with Crippen LogP contribution in [0.15, 0.2) is 18.2 Å². The van der Waals surface area contributed by atoms with Crippen molar-refractivity contribution in [3.05, 3.63) is 33.8 Å². The first kappa shape index (κ1) is 18.9. The van der Waals surface area contributed by atoms with E-state index in [1.807, 2.05) is 0 Å². The van der Waals surface area contributed by atoms with Crippen molar-refractivity contribution in [2.75, 3.05) is 13.1 Å². The molecule has 1 aliphatic rings. The summed E-state index contributed by atoms with van der Waals surface area (Å²) in [5.41, 5.74) is 0.649. The van der Waals surface area contributed by atoms with Gasteiger partial charge in [0, 0.05) is 29.6 Å². The highest BCUT2D eigenvalue weighted by Gasteiger charge is 2.53. The van der Waals surface area contributed by atoms with E-state index in [0.29, 0.717) is 15.6 Å². The quantitative estimate of drug-likeness (QED) is 0.863. The highest BCUT2D eigenvalue weighted by molar-refractivity contribution is 6.35. The predicted molar refractivity (Wildman–Crippen MR) is 82.0 cm³/mol. The van der Waals surface area contributed by atoms with E-state index in [1.54, 1.807) is 12.1 Å². The molecule has 1 aromatic rings. The van der Waals surface area contributed by atoms with Gasteiger partial charge < -0.3 is 10.0 Å². The van der Waals surface area contributed by atoms with Crippen LogP contribution in [-0.2, 0) is 16.0 Å². The number of benzene rings is 1. The van der Waals surface area contributed by atoms with Gasteiger partial charge in [-0.2, -0.15) is 13.2 Å². The first-order chi connectivity index (χ1) is 11.1. The number of hydrogen-bond donors (Lipinski definition) is 1. The van der Waals surface area contributed by atoms with Crippen LogP contribution < -0.4 is 0 Å². The number of carboxylic acids is 1. The van der Waals surface area contributed by atoms with Gasteiger partial charge in [-0.1, -0.05) is 29.3 Å². The topological polar surface area (TPSA) is 57.6 Å². The monoisotopic (exact) mass is 383 g/mol. The predicted octanol–water partition coefficient (Wildman–Crippen LogP) is 3.65. The lowest BCUT2D eigenvalue weighted by Gasteiger charge is -2.18. The van der Waals surface area contributed by atoms with Crippen LogP contribution in [0.1, 0.15) is 12.0 Å². The third kappa shape index (κ3) is 4.33. The summed E-state index contributed by atoms with van der Waals surface area (Å²) in [6.07, 6.45) is -4.48. The Morgan fingerprint density at radius 2 is 1.92 bits per heavy atom. The lowest BCUT2D eigenvalue weighted by atomic mass is 9.96. The van der Waals surface area contributed by atoms with Crippen molar-refractivity contribution >= 4 is 35.1 Å². The number of alkyl halides is 3. The van der Waals surface area contributed by atoms with Crippen LogP contribution in [-0.4, -0.2) is 41.1 Å². The van der Waals surface area contributed by atoms with E-state index in [1.165, 1.54) is 6.07 Å². The Bertz CT molecular complexity index is 651. The molecule has 9 heteroatoms. The Morgan fingerprint density at radius 3 is 2.42 bits per heavy atom. The molecule has 0 spiro atoms. The maximum Gasteiger partial charge on any atom is 0.394 e. The van der Waals surface area contributed by atoms with Gasteiger partial charge in [-0.25, -0.2) is 0 Å². The molecule has 1 heterocycles. The Hall–Kier alpha value is -1.47. The van der Waals surface area contributed by atoms with Crippen LogP contribution in [0.25, 0.3) is 0 Å². The summed E-state index contributed by atoms with van der Waals surface area (Å²) in [4.78, 5) is 24.1. The molecule has 1 aromatic carbocycles. The van der Waals surface area contributed by atoms with Crippen molar-refractivity contribution in [1.29, 1.82) is 0 Å². The van der Waals surface area contributed by atoms with E-state index in [-0.39, 0.29) is 12.8 Å². The molecule has 0 aliphatic carbocycles. The number of nitrogens with zero attached hydrogens (tertiary/aromatic N) is 1. The molecule has 2 atom stereocenters. The van der Waals surface area contributed by atoms with Crippen molar-refractivity contribution in [1.82, 2.24) is 4.90 Å². The minimum atomic E-state index is -4.66. The van der Waals surface area contributed by atoms with Crippen molar-refractivity contribution in [2.24, 2.45) is 11.8 Å². The molecule has 1 amide bonds. The fourth-order valence-corrected chi connectivity index (χ4v) is 3.22. The number of likely N-dealkylation sites (tertiary alicyclic amines) is 1. The van der Waals surface area contributed by atoms with Crippen LogP contribution in [0.2, 0.25) is 10.0 Å². The van der Waals surface area contributed by atoms with Gasteiger partial charge in [0.25, 0.3) is 0 Å². The average molecular weight is 384 g/mol. The van der Waals surface area contributed by atoms with Crippen LogP contribution in [0.5, 0.6) is 0 Å². The maximum absolute atomic E-state index is 12.9. The van der Waals surface area contributed by atoms with Gasteiger partial charge in [-0.3, -0.25) is 9.59 Å². The van der Waals surface area contributed by atoms with E-state index < -0.39 is 43.0 Å². The highest BCUT2D eigenvalue weighted by atomic mass is 35.5. The number of carbonyl (C=O) groups excluding carboxylic acids is 1. The van der Waals surface area contributed by atoms with E-state index >= 15 is 0 Å². The fourth-order valence-electron chi connectivity index (χ4n) is 2.71. The van der Waals surface area contributed by atoms with E-state index in [4.69, 9.17) is 28.3 Å². The number of carbonyl (C=O) groups is 2. The van der Waals surface area contributed by atoms with Gasteiger partial charge in [0.15, 0.2) is 0 Å². The van der Waals surface area contributed by atoms with E-state index in [9.17, 15) is 22.8 Å². The summed E-state index contributed by atoms with van der Waals surface area (Å²) < 4.78 is 38.8. The number of aryl methyl sites for hydroxylation is 1. The SMILES string of the molecule is O=C(O)[C@@H]1CN(C(=O)CCc2ccc(Cl)cc2Cl)C[C@H]1C(F)(F)F. The zero-order chi connectivity index (χ0) is 18.1. The molecule has 132 valence electrons. The molecular formula is C15H14Cl2F3NO3. The average Bonchev–Trinajstić information content (AvgIpc) is 2.91. The molecule has 2 rings (SSSR count). The Balaban J connectivity index is 2.01. The second-order valence-corrected chi connectivity index (χ2v) is 6.47. The molecule has 1 fully saturated rings. The van der Waals surface area contributed by atoms with Crippen molar-refractivity contribution in [2.45, 2.75) is 19.0 Å². The van der Waals surface area contributed by atoms with Gasteiger partial charge in [-0.05, 0) is 24.1 Å². The summed E-state index contributed by atoms with van der Waals surface area (Å²) in [7, 11) is 0. The second-order valence-electron chi connectivity index (χ2n) is 5.63. The normalized spacial score (nSPS) is 21.1.